The van der Waals surface area contributed by atoms with E-state index in [1.165, 1.54) is 14.2 Å². The largest absolute Gasteiger partial charge is 0.508 e. The number of phenolic OH excluding ortho intramolecular Hbond substituents is 1. The van der Waals surface area contributed by atoms with Crippen molar-refractivity contribution in [1.82, 2.24) is 4.90 Å². The predicted octanol–water partition coefficient (Wildman–Crippen LogP) is 1.06. The summed E-state index contributed by atoms with van der Waals surface area (Å²) < 4.78 is 11.3. The number of carbonyl (C=O) groups is 2. The molecule has 26 heavy (non-hydrogen) atoms. The quantitative estimate of drug-likeness (QED) is 0.782. The number of ether oxygens (including phenoxy) is 2. The van der Waals surface area contributed by atoms with Crippen molar-refractivity contribution in [1.29, 1.82) is 0 Å². The minimum absolute atomic E-state index is 0.0885. The van der Waals surface area contributed by atoms with Crippen LogP contribution in [-0.2, 0) is 19.1 Å². The zero-order chi connectivity index (χ0) is 18.6. The van der Waals surface area contributed by atoms with Crippen LogP contribution >= 0.6 is 0 Å². The van der Waals surface area contributed by atoms with E-state index < -0.39 is 35.6 Å². The maximum Gasteiger partial charge on any atom is 0.233 e. The number of hydrogen-bond acceptors (Lipinski definition) is 6. The van der Waals surface area contributed by atoms with Gasteiger partial charge in [0.1, 0.15) is 5.75 Å². The summed E-state index contributed by atoms with van der Waals surface area (Å²) in [5, 5.41) is 21.6. The molecular weight excluding hydrogens is 338 g/mol. The third-order valence-electron chi connectivity index (χ3n) is 6.24. The second-order valence-corrected chi connectivity index (χ2v) is 7.52. The first kappa shape index (κ1) is 17.5. The summed E-state index contributed by atoms with van der Waals surface area (Å²) in [5.74, 6) is -3.93. The van der Waals surface area contributed by atoms with Gasteiger partial charge < -0.3 is 19.7 Å². The number of benzene rings is 1. The second-order valence-electron chi connectivity index (χ2n) is 7.52. The van der Waals surface area contributed by atoms with Crippen LogP contribution in [-0.4, -0.2) is 53.5 Å². The topological polar surface area (TPSA) is 96.3 Å². The zero-order valence-electron chi connectivity index (χ0n) is 14.8. The van der Waals surface area contributed by atoms with E-state index in [0.29, 0.717) is 18.4 Å². The molecule has 3 aliphatic rings. The van der Waals surface area contributed by atoms with Crippen LogP contribution in [0.15, 0.2) is 24.3 Å². The Morgan fingerprint density at radius 2 is 2.00 bits per heavy atom. The maximum atomic E-state index is 12.7. The Labute approximate surface area is 151 Å². The lowest BCUT2D eigenvalue weighted by atomic mass is 9.64. The molecule has 2 aliphatic heterocycles. The molecule has 2 N–H and O–H groups in total. The molecule has 0 radical (unpaired) electrons. The smallest absolute Gasteiger partial charge is 0.233 e. The van der Waals surface area contributed by atoms with Gasteiger partial charge in [0.2, 0.25) is 11.8 Å². The monoisotopic (exact) mass is 361 g/mol. The molecule has 1 aromatic carbocycles. The van der Waals surface area contributed by atoms with Gasteiger partial charge in [-0.1, -0.05) is 18.2 Å². The fourth-order valence-electron chi connectivity index (χ4n) is 4.99. The third kappa shape index (κ3) is 2.31. The number of amides is 2. The first-order chi connectivity index (χ1) is 12.4. The SMILES string of the molecule is COC[C@H]1C[C@@H]2C(=O)N(C)C(=O)[C@@H]2[C@@H]2C[C@@H](c3ccccc3O)O[C@]12O. The van der Waals surface area contributed by atoms with Gasteiger partial charge in [-0.3, -0.25) is 14.5 Å². The molecule has 140 valence electrons. The average Bonchev–Trinajstić information content (AvgIpc) is 3.07. The standard InChI is InChI=1S/C19H23NO6/c1-20-17(22)12-7-10(9-25-2)19(24)13(16(12)18(20)23)8-15(26-19)11-5-3-4-6-14(11)21/h3-6,10,12-13,15-16,21,24H,7-9H2,1-2H3/t10-,12+,13+,15+,16+,19-/m1/s1. The number of rotatable bonds is 3. The predicted molar refractivity (Wildman–Crippen MR) is 89.7 cm³/mol. The van der Waals surface area contributed by atoms with Crippen molar-refractivity contribution in [2.45, 2.75) is 24.7 Å². The minimum Gasteiger partial charge on any atom is -0.508 e. The average molecular weight is 361 g/mol. The molecule has 2 heterocycles. The number of phenols is 1. The molecular formula is C19H23NO6. The molecule has 2 saturated heterocycles. The molecule has 0 aromatic heterocycles. The van der Waals surface area contributed by atoms with E-state index in [2.05, 4.69) is 0 Å². The second kappa shape index (κ2) is 6.04. The number of methoxy groups -OCH3 is 1. The number of para-hydroxylation sites is 1. The van der Waals surface area contributed by atoms with Crippen LogP contribution in [0.3, 0.4) is 0 Å². The van der Waals surface area contributed by atoms with Crippen molar-refractivity contribution in [3.8, 4) is 5.75 Å². The molecule has 1 aromatic rings. The van der Waals surface area contributed by atoms with Gasteiger partial charge in [-0.05, 0) is 18.9 Å². The van der Waals surface area contributed by atoms with E-state index >= 15 is 0 Å². The number of aromatic hydroxyl groups is 1. The molecule has 7 heteroatoms. The van der Waals surface area contributed by atoms with Crippen LogP contribution in [0.1, 0.15) is 24.5 Å². The first-order valence-electron chi connectivity index (χ1n) is 8.87. The summed E-state index contributed by atoms with van der Waals surface area (Å²) in [5.41, 5.74) is 0.577. The van der Waals surface area contributed by atoms with Crippen molar-refractivity contribution in [3.63, 3.8) is 0 Å². The number of nitrogens with zero attached hydrogens (tertiary/aromatic N) is 1. The highest BCUT2D eigenvalue weighted by Gasteiger charge is 2.66. The van der Waals surface area contributed by atoms with Gasteiger partial charge in [-0.15, -0.1) is 0 Å². The highest BCUT2D eigenvalue weighted by atomic mass is 16.6. The van der Waals surface area contributed by atoms with Gasteiger partial charge in [-0.25, -0.2) is 0 Å². The van der Waals surface area contributed by atoms with Crippen molar-refractivity contribution in [2.24, 2.45) is 23.7 Å². The maximum absolute atomic E-state index is 12.7. The van der Waals surface area contributed by atoms with Gasteiger partial charge in [0.25, 0.3) is 0 Å². The van der Waals surface area contributed by atoms with Gasteiger partial charge >= 0.3 is 0 Å². The van der Waals surface area contributed by atoms with Crippen LogP contribution in [0.25, 0.3) is 0 Å². The summed E-state index contributed by atoms with van der Waals surface area (Å²) in [4.78, 5) is 26.3. The number of fused-ring (bicyclic) bond motifs is 3. The first-order valence-corrected chi connectivity index (χ1v) is 8.87. The molecule has 4 rings (SSSR count). The molecule has 1 aliphatic carbocycles. The molecule has 0 bridgehead atoms. The molecule has 2 amide bonds. The van der Waals surface area contributed by atoms with E-state index in [1.54, 1.807) is 24.3 Å². The Bertz CT molecular complexity index is 751. The van der Waals surface area contributed by atoms with E-state index in [4.69, 9.17) is 9.47 Å². The van der Waals surface area contributed by atoms with Crippen LogP contribution < -0.4 is 0 Å². The molecule has 0 unspecified atom stereocenters. The molecule has 3 fully saturated rings. The van der Waals surface area contributed by atoms with E-state index in [1.807, 2.05) is 0 Å². The summed E-state index contributed by atoms with van der Waals surface area (Å²) in [7, 11) is 3.03. The normalized spacial score (nSPS) is 39.2. The molecule has 0 spiro atoms. The van der Waals surface area contributed by atoms with Crippen LogP contribution in [0, 0.1) is 23.7 Å². The summed E-state index contributed by atoms with van der Waals surface area (Å²) in [6, 6.07) is 6.82. The number of imide groups is 1. The summed E-state index contributed by atoms with van der Waals surface area (Å²) in [6.07, 6.45) is 0.161. The van der Waals surface area contributed by atoms with E-state index in [0.717, 1.165) is 4.90 Å². The molecule has 6 atom stereocenters. The highest BCUT2D eigenvalue weighted by molar-refractivity contribution is 6.05. The Morgan fingerprint density at radius 3 is 2.69 bits per heavy atom. The van der Waals surface area contributed by atoms with Crippen LogP contribution in [0.4, 0.5) is 0 Å². The van der Waals surface area contributed by atoms with Crippen molar-refractivity contribution in [3.05, 3.63) is 29.8 Å². The number of aliphatic hydroxyl groups is 1. The Balaban J connectivity index is 1.74. The lowest BCUT2D eigenvalue weighted by Crippen LogP contribution is -2.54. The van der Waals surface area contributed by atoms with E-state index in [9.17, 15) is 19.8 Å². The number of likely N-dealkylation sites (tertiary alicyclic amines) is 1. The van der Waals surface area contributed by atoms with E-state index in [-0.39, 0.29) is 24.2 Å². The Kier molecular flexibility index (Phi) is 4.06. The molecule has 1 saturated carbocycles. The fourth-order valence-corrected chi connectivity index (χ4v) is 4.99. The van der Waals surface area contributed by atoms with Gasteiger partial charge in [-0.2, -0.15) is 0 Å². The Hall–Kier alpha value is -1.96. The lowest BCUT2D eigenvalue weighted by molar-refractivity contribution is -0.275. The van der Waals surface area contributed by atoms with Gasteiger partial charge in [0.05, 0.1) is 24.5 Å². The minimum atomic E-state index is -1.56. The van der Waals surface area contributed by atoms with Gasteiger partial charge in [0.15, 0.2) is 5.79 Å². The number of hydrogen-bond donors (Lipinski definition) is 2. The molecule has 7 nitrogen and oxygen atoms in total. The lowest BCUT2D eigenvalue weighted by Gasteiger charge is -2.44. The zero-order valence-corrected chi connectivity index (χ0v) is 14.8. The van der Waals surface area contributed by atoms with Gasteiger partial charge in [0, 0.05) is 31.6 Å². The summed E-state index contributed by atoms with van der Waals surface area (Å²) >= 11 is 0. The summed E-state index contributed by atoms with van der Waals surface area (Å²) in [6.45, 7) is 0.231. The van der Waals surface area contributed by atoms with Crippen molar-refractivity contribution in [2.75, 3.05) is 20.8 Å². The van der Waals surface area contributed by atoms with Crippen molar-refractivity contribution >= 4 is 11.8 Å². The van der Waals surface area contributed by atoms with Crippen molar-refractivity contribution < 1.29 is 29.3 Å². The van der Waals surface area contributed by atoms with Crippen LogP contribution in [0.2, 0.25) is 0 Å². The highest BCUT2D eigenvalue weighted by Crippen LogP contribution is 2.58. The number of carbonyl (C=O) groups excluding carboxylic acids is 2. The Morgan fingerprint density at radius 1 is 1.27 bits per heavy atom. The fraction of sp³-hybridized carbons (Fsp3) is 0.579. The van der Waals surface area contributed by atoms with Crippen LogP contribution in [0.5, 0.6) is 5.75 Å². The third-order valence-corrected chi connectivity index (χ3v) is 6.24.